The minimum absolute atomic E-state index is 0.0261. The molecule has 2 aromatic heterocycles. The van der Waals surface area contributed by atoms with Gasteiger partial charge in [-0.2, -0.15) is 4.98 Å². The van der Waals surface area contributed by atoms with Crippen molar-refractivity contribution in [1.82, 2.24) is 15.1 Å². The van der Waals surface area contributed by atoms with Crippen molar-refractivity contribution in [2.24, 2.45) is 0 Å². The largest absolute Gasteiger partial charge is 0.377 e. The highest BCUT2D eigenvalue weighted by atomic mass is 16.6. The average molecular weight is 327 g/mol. The molecule has 0 fully saturated rings. The number of benzene rings is 1. The van der Waals surface area contributed by atoms with Gasteiger partial charge in [-0.3, -0.25) is 15.1 Å². The van der Waals surface area contributed by atoms with Crippen LogP contribution in [0.4, 0.5) is 11.4 Å². The Morgan fingerprint density at radius 1 is 1.25 bits per heavy atom. The molecule has 0 saturated heterocycles. The molecular formula is C16H17N5O3. The Morgan fingerprint density at radius 3 is 2.71 bits per heavy atom. The third-order valence-corrected chi connectivity index (χ3v) is 3.54. The number of fused-ring (bicyclic) bond motifs is 1. The van der Waals surface area contributed by atoms with Crippen molar-refractivity contribution in [1.29, 1.82) is 0 Å². The minimum atomic E-state index is -0.414. The predicted molar refractivity (Wildman–Crippen MR) is 88.7 cm³/mol. The molecule has 0 bridgehead atoms. The second-order valence-corrected chi connectivity index (χ2v) is 6.43. The first-order valence-corrected chi connectivity index (χ1v) is 7.44. The molecule has 24 heavy (non-hydrogen) atoms. The fourth-order valence-corrected chi connectivity index (χ4v) is 2.29. The summed E-state index contributed by atoms with van der Waals surface area (Å²) in [7, 11) is 0. The van der Waals surface area contributed by atoms with Crippen LogP contribution in [0.15, 0.2) is 35.1 Å². The summed E-state index contributed by atoms with van der Waals surface area (Å²) < 4.78 is 5.26. The van der Waals surface area contributed by atoms with Crippen molar-refractivity contribution in [3.63, 3.8) is 0 Å². The smallest absolute Gasteiger partial charge is 0.278 e. The Bertz CT molecular complexity index is 898. The van der Waals surface area contributed by atoms with Gasteiger partial charge in [0, 0.05) is 34.9 Å². The SMILES string of the molecule is CC(C)(C)c1nc(CNc2ccc([N+](=O)[O-])c3cnccc23)no1. The van der Waals surface area contributed by atoms with E-state index in [4.69, 9.17) is 4.52 Å². The maximum absolute atomic E-state index is 11.1. The number of anilines is 1. The van der Waals surface area contributed by atoms with Gasteiger partial charge in [0.15, 0.2) is 5.82 Å². The Hall–Kier alpha value is -3.03. The zero-order chi connectivity index (χ0) is 17.3. The van der Waals surface area contributed by atoms with Gasteiger partial charge < -0.3 is 9.84 Å². The van der Waals surface area contributed by atoms with Crippen LogP contribution >= 0.6 is 0 Å². The normalized spacial score (nSPS) is 11.6. The lowest BCUT2D eigenvalue weighted by atomic mass is 9.97. The van der Waals surface area contributed by atoms with Gasteiger partial charge in [-0.05, 0) is 12.1 Å². The Labute approximate surface area is 138 Å². The van der Waals surface area contributed by atoms with Gasteiger partial charge >= 0.3 is 0 Å². The summed E-state index contributed by atoms with van der Waals surface area (Å²) in [5, 5.41) is 19.5. The molecule has 3 aromatic rings. The molecule has 0 atom stereocenters. The van der Waals surface area contributed by atoms with Crippen LogP contribution in [0.3, 0.4) is 0 Å². The summed E-state index contributed by atoms with van der Waals surface area (Å²) in [5.74, 6) is 1.09. The lowest BCUT2D eigenvalue weighted by Gasteiger charge is -2.10. The fourth-order valence-electron chi connectivity index (χ4n) is 2.29. The third-order valence-electron chi connectivity index (χ3n) is 3.54. The molecule has 3 rings (SSSR count). The number of pyridine rings is 1. The van der Waals surface area contributed by atoms with E-state index >= 15 is 0 Å². The maximum Gasteiger partial charge on any atom is 0.278 e. The van der Waals surface area contributed by atoms with Crippen molar-refractivity contribution in [2.75, 3.05) is 5.32 Å². The molecule has 2 heterocycles. The number of aromatic nitrogens is 3. The van der Waals surface area contributed by atoms with Crippen LogP contribution < -0.4 is 5.32 Å². The zero-order valence-corrected chi connectivity index (χ0v) is 13.6. The van der Waals surface area contributed by atoms with Crippen LogP contribution in [0.2, 0.25) is 0 Å². The second kappa shape index (κ2) is 5.88. The lowest BCUT2D eigenvalue weighted by Crippen LogP contribution is -2.12. The van der Waals surface area contributed by atoms with Crippen LogP contribution in [0, 0.1) is 10.1 Å². The van der Waals surface area contributed by atoms with E-state index in [-0.39, 0.29) is 11.1 Å². The van der Waals surface area contributed by atoms with Crippen molar-refractivity contribution in [3.05, 3.63) is 52.4 Å². The molecule has 124 valence electrons. The van der Waals surface area contributed by atoms with Crippen molar-refractivity contribution in [3.8, 4) is 0 Å². The van der Waals surface area contributed by atoms with Crippen LogP contribution in [0.1, 0.15) is 32.5 Å². The molecule has 1 N–H and O–H groups in total. The standard InChI is InChI=1S/C16H17N5O3/c1-16(2,3)15-19-14(20-24-15)9-18-12-4-5-13(21(22)23)11-8-17-7-6-10(11)12/h4-8,18H,9H2,1-3H3. The maximum atomic E-state index is 11.1. The molecule has 8 heteroatoms. The molecule has 0 radical (unpaired) electrons. The van der Waals surface area contributed by atoms with E-state index in [0.29, 0.717) is 23.6 Å². The number of nitrogens with zero attached hydrogens (tertiary/aromatic N) is 4. The fraction of sp³-hybridized carbons (Fsp3) is 0.312. The van der Waals surface area contributed by atoms with E-state index in [1.807, 2.05) is 20.8 Å². The summed E-state index contributed by atoms with van der Waals surface area (Å²) in [6, 6.07) is 4.87. The molecule has 0 amide bonds. The minimum Gasteiger partial charge on any atom is -0.377 e. The third kappa shape index (κ3) is 3.03. The van der Waals surface area contributed by atoms with E-state index in [1.54, 1.807) is 18.3 Å². The van der Waals surface area contributed by atoms with Crippen LogP contribution in [0.5, 0.6) is 0 Å². The lowest BCUT2D eigenvalue weighted by molar-refractivity contribution is -0.383. The number of non-ortho nitro benzene ring substituents is 1. The summed E-state index contributed by atoms with van der Waals surface area (Å²) in [5.41, 5.74) is 0.565. The molecule has 8 nitrogen and oxygen atoms in total. The highest BCUT2D eigenvalue weighted by Gasteiger charge is 2.21. The average Bonchev–Trinajstić information content (AvgIpc) is 3.01. The molecule has 0 saturated carbocycles. The molecule has 0 spiro atoms. The van der Waals surface area contributed by atoms with Crippen molar-refractivity contribution < 1.29 is 9.45 Å². The molecule has 0 unspecified atom stereocenters. The van der Waals surface area contributed by atoms with E-state index in [2.05, 4.69) is 20.4 Å². The Morgan fingerprint density at radius 2 is 2.04 bits per heavy atom. The van der Waals surface area contributed by atoms with Crippen molar-refractivity contribution in [2.45, 2.75) is 32.7 Å². The van der Waals surface area contributed by atoms with Crippen LogP contribution in [-0.2, 0) is 12.0 Å². The molecule has 1 aromatic carbocycles. The number of nitro groups is 1. The second-order valence-electron chi connectivity index (χ2n) is 6.43. The van der Waals surface area contributed by atoms with Gasteiger partial charge in [-0.15, -0.1) is 0 Å². The van der Waals surface area contributed by atoms with Crippen molar-refractivity contribution >= 4 is 22.1 Å². The summed E-state index contributed by atoms with van der Waals surface area (Å²) in [6.45, 7) is 6.34. The van der Waals surface area contributed by atoms with E-state index in [9.17, 15) is 10.1 Å². The highest BCUT2D eigenvalue weighted by Crippen LogP contribution is 2.30. The predicted octanol–water partition coefficient (Wildman–Crippen LogP) is 3.44. The first kappa shape index (κ1) is 15.9. The van der Waals surface area contributed by atoms with E-state index < -0.39 is 4.92 Å². The van der Waals surface area contributed by atoms with Crippen LogP contribution in [0.25, 0.3) is 10.8 Å². The first-order valence-electron chi connectivity index (χ1n) is 7.44. The van der Waals surface area contributed by atoms with Gasteiger partial charge in [0.05, 0.1) is 16.9 Å². The molecular weight excluding hydrogens is 310 g/mol. The summed E-state index contributed by atoms with van der Waals surface area (Å²) >= 11 is 0. The van der Waals surface area contributed by atoms with Gasteiger partial charge in [-0.25, -0.2) is 0 Å². The summed E-state index contributed by atoms with van der Waals surface area (Å²) in [4.78, 5) is 19.0. The topological polar surface area (TPSA) is 107 Å². The number of hydrogen-bond acceptors (Lipinski definition) is 7. The molecule has 0 aliphatic carbocycles. The molecule has 0 aliphatic heterocycles. The monoisotopic (exact) mass is 327 g/mol. The van der Waals surface area contributed by atoms with E-state index in [1.165, 1.54) is 12.3 Å². The number of nitro benzene ring substituents is 1. The summed E-state index contributed by atoms with van der Waals surface area (Å²) in [6.07, 6.45) is 3.09. The highest BCUT2D eigenvalue weighted by molar-refractivity contribution is 5.99. The number of hydrogen-bond donors (Lipinski definition) is 1. The molecule has 0 aliphatic rings. The Kier molecular flexibility index (Phi) is 3.88. The van der Waals surface area contributed by atoms with Gasteiger partial charge in [0.2, 0.25) is 5.89 Å². The number of rotatable bonds is 4. The van der Waals surface area contributed by atoms with Gasteiger partial charge in [0.25, 0.3) is 5.69 Å². The van der Waals surface area contributed by atoms with Gasteiger partial charge in [0.1, 0.15) is 0 Å². The zero-order valence-electron chi connectivity index (χ0n) is 13.6. The Balaban J connectivity index is 1.87. The van der Waals surface area contributed by atoms with Gasteiger partial charge in [-0.1, -0.05) is 25.9 Å². The quantitative estimate of drug-likeness (QED) is 0.577. The van der Waals surface area contributed by atoms with Crippen LogP contribution in [-0.4, -0.2) is 20.0 Å². The number of nitrogens with one attached hydrogen (secondary N) is 1. The van der Waals surface area contributed by atoms with E-state index in [0.717, 1.165) is 11.1 Å². The first-order chi connectivity index (χ1) is 11.4.